The van der Waals surface area contributed by atoms with Crippen molar-refractivity contribution >= 4 is 29.4 Å². The van der Waals surface area contributed by atoms with Crippen LogP contribution in [0.4, 0.5) is 0 Å². The Hall–Kier alpha value is -3.44. The molecule has 2 rings (SSSR count). The molecule has 0 unspecified atom stereocenters. The molecule has 1 aliphatic heterocycles. The van der Waals surface area contributed by atoms with Gasteiger partial charge in [0.25, 0.3) is 0 Å². The molecule has 0 spiro atoms. The van der Waals surface area contributed by atoms with Gasteiger partial charge in [0.1, 0.15) is 24.5 Å². The van der Waals surface area contributed by atoms with Gasteiger partial charge in [-0.05, 0) is 17.9 Å². The number of Topliss-reactive ketones (excluding diaryl/α,β-unsaturated/α-hetero) is 1. The van der Waals surface area contributed by atoms with Crippen LogP contribution in [0.3, 0.4) is 0 Å². The lowest BCUT2D eigenvalue weighted by atomic mass is 9.75. The summed E-state index contributed by atoms with van der Waals surface area (Å²) in [5.41, 5.74) is 8.77. The zero-order chi connectivity index (χ0) is 26.5. The number of nitrogens with zero attached hydrogens (tertiary/aromatic N) is 4. The van der Waals surface area contributed by atoms with Gasteiger partial charge < -0.3 is 24.1 Å². The van der Waals surface area contributed by atoms with Crippen molar-refractivity contribution < 1.29 is 43.2 Å². The molecule has 1 aliphatic carbocycles. The molecule has 13 nitrogen and oxygen atoms in total. The Morgan fingerprint density at radius 1 is 1.09 bits per heavy atom. The summed E-state index contributed by atoms with van der Waals surface area (Å²) in [4.78, 5) is 55.1. The summed E-state index contributed by atoms with van der Waals surface area (Å²) < 4.78 is 21.5. The Balaban J connectivity index is 2.58. The van der Waals surface area contributed by atoms with Crippen molar-refractivity contribution in [1.29, 1.82) is 0 Å². The van der Waals surface area contributed by atoms with Crippen LogP contribution in [0.2, 0.25) is 0 Å². The van der Waals surface area contributed by atoms with Gasteiger partial charge in [-0.2, -0.15) is 0 Å². The van der Waals surface area contributed by atoms with Crippen molar-refractivity contribution in [3.05, 3.63) is 21.8 Å². The van der Waals surface area contributed by atoms with Crippen LogP contribution in [0, 0.1) is 5.41 Å². The highest BCUT2D eigenvalue weighted by molar-refractivity contribution is 6.22. The molecule has 192 valence electrons. The zero-order valence-electron chi connectivity index (χ0n) is 20.5. The highest BCUT2D eigenvalue weighted by Crippen LogP contribution is 2.37. The summed E-state index contributed by atoms with van der Waals surface area (Å²) >= 11 is 0. The van der Waals surface area contributed by atoms with E-state index in [0.717, 1.165) is 20.8 Å². The van der Waals surface area contributed by atoms with Gasteiger partial charge in [0.2, 0.25) is 0 Å². The van der Waals surface area contributed by atoms with Crippen LogP contribution in [0.15, 0.2) is 21.4 Å². The second kappa shape index (κ2) is 11.3. The fourth-order valence-electron chi connectivity index (χ4n) is 4.17. The number of allylic oxidation sites excluding steroid dienone is 2. The minimum absolute atomic E-state index is 0.0108. The minimum Gasteiger partial charge on any atom is -0.511 e. The SMILES string of the molecule is CC(=O)OC[C@H]1O[C@@H](N=[N+]=[N-])[C@H](N=C(C)C2=C(O)CC(C)(C)CC2=O)[C@@H](OC(C)=O)[C@@H]1OC(C)=O. The lowest BCUT2D eigenvalue weighted by Gasteiger charge is -2.42. The molecule has 0 bridgehead atoms. The Morgan fingerprint density at radius 2 is 1.69 bits per heavy atom. The second-order valence-electron chi connectivity index (χ2n) is 9.19. The molecule has 0 amide bonds. The first kappa shape index (κ1) is 27.8. The molecular formula is C22H30N4O9. The van der Waals surface area contributed by atoms with E-state index in [-0.39, 0.29) is 35.7 Å². The highest BCUT2D eigenvalue weighted by Gasteiger charge is 2.50. The van der Waals surface area contributed by atoms with Crippen molar-refractivity contribution in [2.45, 2.75) is 85.0 Å². The number of hydrogen-bond acceptors (Lipinski definition) is 11. The number of ether oxygens (including phenoxy) is 4. The average molecular weight is 495 g/mol. The van der Waals surface area contributed by atoms with Crippen LogP contribution in [0.25, 0.3) is 10.4 Å². The van der Waals surface area contributed by atoms with E-state index in [1.165, 1.54) is 6.92 Å². The van der Waals surface area contributed by atoms with E-state index in [4.69, 9.17) is 24.5 Å². The molecule has 0 radical (unpaired) electrons. The number of rotatable bonds is 7. The van der Waals surface area contributed by atoms with E-state index in [1.807, 2.05) is 13.8 Å². The summed E-state index contributed by atoms with van der Waals surface area (Å²) in [5.74, 6) is -2.61. The molecule has 0 aromatic carbocycles. The van der Waals surface area contributed by atoms with Gasteiger partial charge in [-0.3, -0.25) is 24.2 Å². The predicted octanol–water partition coefficient (Wildman–Crippen LogP) is 2.48. The van der Waals surface area contributed by atoms with Gasteiger partial charge in [0.05, 0.1) is 5.57 Å². The van der Waals surface area contributed by atoms with Gasteiger partial charge in [-0.1, -0.05) is 19.0 Å². The third-order valence-corrected chi connectivity index (χ3v) is 5.41. The van der Waals surface area contributed by atoms with Crippen LogP contribution in [-0.2, 0) is 38.1 Å². The van der Waals surface area contributed by atoms with Crippen molar-refractivity contribution in [2.24, 2.45) is 15.5 Å². The molecule has 5 atom stereocenters. The maximum atomic E-state index is 12.8. The largest absolute Gasteiger partial charge is 0.511 e. The quantitative estimate of drug-likeness (QED) is 0.138. The van der Waals surface area contributed by atoms with E-state index in [2.05, 4.69) is 15.0 Å². The lowest BCUT2D eigenvalue weighted by molar-refractivity contribution is -0.219. The van der Waals surface area contributed by atoms with Gasteiger partial charge in [0, 0.05) is 44.2 Å². The normalized spacial score (nSPS) is 28.6. The predicted molar refractivity (Wildman–Crippen MR) is 120 cm³/mol. The zero-order valence-corrected chi connectivity index (χ0v) is 20.5. The third kappa shape index (κ3) is 7.27. The van der Waals surface area contributed by atoms with Gasteiger partial charge in [0.15, 0.2) is 24.2 Å². The monoisotopic (exact) mass is 494 g/mol. The first-order valence-corrected chi connectivity index (χ1v) is 10.9. The van der Waals surface area contributed by atoms with E-state index in [1.54, 1.807) is 0 Å². The topological polar surface area (TPSA) is 187 Å². The van der Waals surface area contributed by atoms with E-state index in [0.29, 0.717) is 0 Å². The first-order valence-electron chi connectivity index (χ1n) is 10.9. The summed E-state index contributed by atoms with van der Waals surface area (Å²) in [6.07, 6.45) is -4.73. The molecule has 0 aromatic rings. The second-order valence-corrected chi connectivity index (χ2v) is 9.19. The molecule has 2 aliphatic rings. The molecular weight excluding hydrogens is 464 g/mol. The van der Waals surface area contributed by atoms with Gasteiger partial charge in [-0.25, -0.2) is 0 Å². The summed E-state index contributed by atoms with van der Waals surface area (Å²) in [7, 11) is 0. The van der Waals surface area contributed by atoms with Gasteiger partial charge in [-0.15, -0.1) is 0 Å². The Kier molecular flexibility index (Phi) is 9.00. The Bertz CT molecular complexity index is 997. The van der Waals surface area contributed by atoms with Crippen LogP contribution < -0.4 is 0 Å². The number of hydrogen-bond donors (Lipinski definition) is 1. The smallest absolute Gasteiger partial charge is 0.303 e. The molecule has 13 heteroatoms. The van der Waals surface area contributed by atoms with Crippen LogP contribution in [0.5, 0.6) is 0 Å². The number of carbonyl (C=O) groups is 4. The molecule has 1 N–H and O–H groups in total. The molecule has 0 saturated carbocycles. The van der Waals surface area contributed by atoms with Crippen LogP contribution in [0.1, 0.15) is 54.4 Å². The molecule has 1 heterocycles. The fourth-order valence-corrected chi connectivity index (χ4v) is 4.17. The number of azide groups is 1. The minimum atomic E-state index is -1.38. The number of aliphatic hydroxyl groups excluding tert-OH is 1. The number of aliphatic imine (C=N–C) groups is 1. The van der Waals surface area contributed by atoms with E-state index < -0.39 is 60.5 Å². The van der Waals surface area contributed by atoms with Crippen LogP contribution in [-0.4, -0.2) is 71.7 Å². The fraction of sp³-hybridized carbons (Fsp3) is 0.682. The van der Waals surface area contributed by atoms with Crippen LogP contribution >= 0.6 is 0 Å². The van der Waals surface area contributed by atoms with Crippen molar-refractivity contribution in [3.8, 4) is 0 Å². The van der Waals surface area contributed by atoms with Crippen molar-refractivity contribution in [2.75, 3.05) is 6.61 Å². The maximum absolute atomic E-state index is 12.8. The van der Waals surface area contributed by atoms with Crippen molar-refractivity contribution in [1.82, 2.24) is 0 Å². The Morgan fingerprint density at radius 3 is 2.20 bits per heavy atom. The lowest BCUT2D eigenvalue weighted by Crippen LogP contribution is -2.60. The summed E-state index contributed by atoms with van der Waals surface area (Å²) in [6.45, 7) is 8.20. The highest BCUT2D eigenvalue weighted by atomic mass is 16.6. The molecule has 1 fully saturated rings. The van der Waals surface area contributed by atoms with Crippen molar-refractivity contribution in [3.63, 3.8) is 0 Å². The third-order valence-electron chi connectivity index (χ3n) is 5.41. The number of ketones is 1. The number of aliphatic hydroxyl groups is 1. The van der Waals surface area contributed by atoms with E-state index in [9.17, 15) is 24.3 Å². The van der Waals surface area contributed by atoms with Gasteiger partial charge >= 0.3 is 17.9 Å². The molecule has 0 aromatic heterocycles. The number of esters is 3. The average Bonchev–Trinajstić information content (AvgIpc) is 2.68. The molecule has 35 heavy (non-hydrogen) atoms. The Labute approximate surface area is 202 Å². The van der Waals surface area contributed by atoms with E-state index >= 15 is 0 Å². The standard InChI is InChI=1S/C22H30N4O9/c1-10(17-14(30)7-22(5,6)8-15(17)31)24-18-20(34-13(4)29)19(33-12(3)28)16(9-32-11(2)27)35-21(18)25-26-23/h16,18-21,30H,7-9H2,1-6H3/t16-,18-,19-,20-,21-/m1/s1. The molecule has 1 saturated heterocycles. The summed E-state index contributed by atoms with van der Waals surface area (Å²) in [5, 5.41) is 14.1. The summed E-state index contributed by atoms with van der Waals surface area (Å²) in [6, 6.07) is -1.25. The maximum Gasteiger partial charge on any atom is 0.303 e. The first-order chi connectivity index (χ1) is 16.3. The number of carbonyl (C=O) groups excluding carboxylic acids is 4.